The first-order chi connectivity index (χ1) is 15.4. The van der Waals surface area contributed by atoms with Gasteiger partial charge in [0.1, 0.15) is 0 Å². The molecule has 0 fully saturated rings. The Morgan fingerprint density at radius 1 is 0.906 bits per heavy atom. The number of rotatable bonds is 10. The lowest BCUT2D eigenvalue weighted by Gasteiger charge is -2.14. The van der Waals surface area contributed by atoms with Gasteiger partial charge in [-0.3, -0.25) is 0 Å². The lowest BCUT2D eigenvalue weighted by atomic mass is 9.99. The molecular weight excluding hydrogens is 413 g/mol. The van der Waals surface area contributed by atoms with Gasteiger partial charge in [-0.25, -0.2) is 9.97 Å². The second kappa shape index (κ2) is 11.1. The predicted octanol–water partition coefficient (Wildman–Crippen LogP) is 6.09. The first-order valence-corrected chi connectivity index (χ1v) is 11.0. The molecule has 32 heavy (non-hydrogen) atoms. The minimum Gasteiger partial charge on any atom is -0.324 e. The molecule has 0 aliphatic heterocycles. The van der Waals surface area contributed by atoms with Crippen LogP contribution < -0.4 is 10.6 Å². The topological polar surface area (TPSA) is 49.8 Å². The van der Waals surface area contributed by atoms with Gasteiger partial charge in [-0.05, 0) is 61.1 Å². The Morgan fingerprint density at radius 3 is 2.28 bits per heavy atom. The third-order valence-electron chi connectivity index (χ3n) is 5.27. The molecule has 0 bridgehead atoms. The van der Waals surface area contributed by atoms with Crippen LogP contribution in [0.3, 0.4) is 0 Å². The smallest absolute Gasteiger partial charge is 0.324 e. The van der Waals surface area contributed by atoms with E-state index in [1.807, 2.05) is 55.5 Å². The zero-order chi connectivity index (χ0) is 23.0. The molecule has 0 radical (unpaired) electrons. The van der Waals surface area contributed by atoms with Crippen molar-refractivity contribution >= 4 is 11.6 Å². The van der Waals surface area contributed by atoms with Gasteiger partial charge in [-0.1, -0.05) is 50.2 Å². The van der Waals surface area contributed by atoms with Crippen molar-refractivity contribution in [3.05, 3.63) is 82.7 Å². The van der Waals surface area contributed by atoms with E-state index in [1.165, 1.54) is 0 Å². The molecule has 4 nitrogen and oxygen atoms in total. The Labute approximate surface area is 187 Å². The number of aryl methyl sites for hydroxylation is 3. The summed E-state index contributed by atoms with van der Waals surface area (Å²) in [4.78, 5) is 8.15. The van der Waals surface area contributed by atoms with Crippen LogP contribution >= 0.6 is 0 Å². The molecular formula is C25H29F3N4. The van der Waals surface area contributed by atoms with Gasteiger partial charge in [0, 0.05) is 18.4 Å². The quantitative estimate of drug-likeness (QED) is 0.373. The number of nitrogens with zero attached hydrogens (tertiary/aromatic N) is 2. The summed E-state index contributed by atoms with van der Waals surface area (Å²) in [7, 11) is 0. The number of hydrogen-bond donors (Lipinski definition) is 2. The number of halogens is 3. The average Bonchev–Trinajstić information content (AvgIpc) is 2.78. The maximum Gasteiger partial charge on any atom is 0.419 e. The largest absolute Gasteiger partial charge is 0.419 e. The molecule has 3 rings (SSSR count). The maximum absolute atomic E-state index is 13.5. The molecule has 0 saturated carbocycles. The van der Waals surface area contributed by atoms with Crippen LogP contribution in [0, 0.1) is 0 Å². The summed E-state index contributed by atoms with van der Waals surface area (Å²) < 4.78 is 40.6. The van der Waals surface area contributed by atoms with E-state index in [2.05, 4.69) is 27.5 Å². The summed E-state index contributed by atoms with van der Waals surface area (Å²) in [6, 6.07) is 15.5. The SMILES string of the molecule is CCCNCc1ccc(Nc2ncc(C(F)(F)F)c(CCc3ccccc3CC)n2)cc1. The Kier molecular flexibility index (Phi) is 8.22. The van der Waals surface area contributed by atoms with E-state index in [-0.39, 0.29) is 18.1 Å². The summed E-state index contributed by atoms with van der Waals surface area (Å²) >= 11 is 0. The van der Waals surface area contributed by atoms with Crippen molar-refractivity contribution in [2.24, 2.45) is 0 Å². The number of nitrogens with one attached hydrogen (secondary N) is 2. The Balaban J connectivity index is 1.76. The van der Waals surface area contributed by atoms with Crippen LogP contribution in [0.1, 0.15) is 48.2 Å². The first-order valence-electron chi connectivity index (χ1n) is 11.0. The highest BCUT2D eigenvalue weighted by molar-refractivity contribution is 5.54. The number of aromatic nitrogens is 2. The van der Waals surface area contributed by atoms with Crippen molar-refractivity contribution in [2.75, 3.05) is 11.9 Å². The molecule has 0 aliphatic carbocycles. The Morgan fingerprint density at radius 2 is 1.62 bits per heavy atom. The summed E-state index contributed by atoms with van der Waals surface area (Å²) in [6.45, 7) is 5.87. The summed E-state index contributed by atoms with van der Waals surface area (Å²) in [5, 5.41) is 6.36. The van der Waals surface area contributed by atoms with E-state index in [0.29, 0.717) is 6.42 Å². The fourth-order valence-corrected chi connectivity index (χ4v) is 3.55. The van der Waals surface area contributed by atoms with E-state index in [1.54, 1.807) is 0 Å². The highest BCUT2D eigenvalue weighted by Gasteiger charge is 2.34. The molecule has 1 heterocycles. The Bertz CT molecular complexity index is 1000. The molecule has 2 aromatic carbocycles. The van der Waals surface area contributed by atoms with Gasteiger partial charge in [-0.15, -0.1) is 0 Å². The van der Waals surface area contributed by atoms with Gasteiger partial charge < -0.3 is 10.6 Å². The van der Waals surface area contributed by atoms with Crippen molar-refractivity contribution in [1.82, 2.24) is 15.3 Å². The van der Waals surface area contributed by atoms with Crippen molar-refractivity contribution in [3.63, 3.8) is 0 Å². The summed E-state index contributed by atoms with van der Waals surface area (Å²) in [5.41, 5.74) is 3.26. The summed E-state index contributed by atoms with van der Waals surface area (Å²) in [6.07, 6.45) is -1.04. The molecule has 0 spiro atoms. The minimum absolute atomic E-state index is 0.00120. The summed E-state index contributed by atoms with van der Waals surface area (Å²) in [5.74, 6) is 0.161. The van der Waals surface area contributed by atoms with Crippen LogP contribution in [0.4, 0.5) is 24.8 Å². The predicted molar refractivity (Wildman–Crippen MR) is 122 cm³/mol. The van der Waals surface area contributed by atoms with Crippen LogP contribution in [0.5, 0.6) is 0 Å². The third-order valence-corrected chi connectivity index (χ3v) is 5.27. The van der Waals surface area contributed by atoms with Gasteiger partial charge in [0.2, 0.25) is 5.95 Å². The molecule has 0 saturated heterocycles. The highest BCUT2D eigenvalue weighted by Crippen LogP contribution is 2.32. The molecule has 0 unspecified atom stereocenters. The molecule has 7 heteroatoms. The van der Waals surface area contributed by atoms with Crippen molar-refractivity contribution in [1.29, 1.82) is 0 Å². The van der Waals surface area contributed by atoms with E-state index in [0.717, 1.165) is 54.5 Å². The number of alkyl halides is 3. The lowest BCUT2D eigenvalue weighted by molar-refractivity contribution is -0.138. The van der Waals surface area contributed by atoms with Gasteiger partial charge in [0.25, 0.3) is 0 Å². The first kappa shape index (κ1) is 23.7. The van der Waals surface area contributed by atoms with Gasteiger partial charge in [0.05, 0.1) is 11.3 Å². The zero-order valence-electron chi connectivity index (χ0n) is 18.5. The number of benzene rings is 2. The second-order valence-corrected chi connectivity index (χ2v) is 7.67. The fraction of sp³-hybridized carbons (Fsp3) is 0.360. The van der Waals surface area contributed by atoms with Crippen molar-refractivity contribution in [3.8, 4) is 0 Å². The second-order valence-electron chi connectivity index (χ2n) is 7.67. The van der Waals surface area contributed by atoms with Crippen molar-refractivity contribution in [2.45, 2.75) is 52.3 Å². The maximum atomic E-state index is 13.5. The van der Waals surface area contributed by atoms with Gasteiger partial charge in [-0.2, -0.15) is 13.2 Å². The Hall–Kier alpha value is -2.93. The standard InChI is InChI=1S/C25H29F3N4/c1-3-15-29-16-18-9-12-21(13-10-18)31-24-30-17-22(25(26,27)28)23(32-24)14-11-20-8-6-5-7-19(20)4-2/h5-10,12-13,17,29H,3-4,11,14-16H2,1-2H3,(H,30,31,32). The van der Waals surface area contributed by atoms with E-state index < -0.39 is 11.7 Å². The van der Waals surface area contributed by atoms with E-state index in [4.69, 9.17) is 0 Å². The average molecular weight is 443 g/mol. The van der Waals surface area contributed by atoms with E-state index in [9.17, 15) is 13.2 Å². The minimum atomic E-state index is -4.49. The van der Waals surface area contributed by atoms with Gasteiger partial charge in [0.15, 0.2) is 0 Å². The lowest BCUT2D eigenvalue weighted by Crippen LogP contribution is -2.14. The monoisotopic (exact) mass is 442 g/mol. The van der Waals surface area contributed by atoms with E-state index >= 15 is 0 Å². The molecule has 1 aromatic heterocycles. The van der Waals surface area contributed by atoms with Gasteiger partial charge >= 0.3 is 6.18 Å². The normalized spacial score (nSPS) is 11.5. The molecule has 2 N–H and O–H groups in total. The zero-order valence-corrected chi connectivity index (χ0v) is 18.5. The molecule has 0 atom stereocenters. The van der Waals surface area contributed by atoms with Crippen LogP contribution in [0.15, 0.2) is 54.7 Å². The van der Waals surface area contributed by atoms with Crippen LogP contribution in [-0.4, -0.2) is 16.5 Å². The van der Waals surface area contributed by atoms with Crippen LogP contribution in [0.2, 0.25) is 0 Å². The third kappa shape index (κ3) is 6.53. The highest BCUT2D eigenvalue weighted by atomic mass is 19.4. The van der Waals surface area contributed by atoms with Crippen molar-refractivity contribution < 1.29 is 13.2 Å². The molecule has 0 amide bonds. The van der Waals surface area contributed by atoms with Crippen LogP contribution in [-0.2, 0) is 32.0 Å². The number of hydrogen-bond acceptors (Lipinski definition) is 4. The van der Waals surface area contributed by atoms with Crippen LogP contribution in [0.25, 0.3) is 0 Å². The fourth-order valence-electron chi connectivity index (χ4n) is 3.55. The number of anilines is 2. The molecule has 3 aromatic rings. The molecule has 0 aliphatic rings. The molecule has 170 valence electrons.